The summed E-state index contributed by atoms with van der Waals surface area (Å²) in [5.74, 6) is 1.15. The number of hydrogen-bond acceptors (Lipinski definition) is 4. The smallest absolute Gasteiger partial charge is 0.119 e. The molecule has 2 aromatic rings. The van der Waals surface area contributed by atoms with Crippen LogP contribution >= 0.6 is 0 Å². The SMILES string of the molecule is C#COC.COCCOc1ccc(Cc2ccc(O)cc2)cc1. The number of terminal acetylenes is 1. The maximum Gasteiger partial charge on any atom is 0.119 e. The summed E-state index contributed by atoms with van der Waals surface area (Å²) >= 11 is 0. The topological polar surface area (TPSA) is 47.9 Å². The van der Waals surface area contributed by atoms with E-state index in [9.17, 15) is 5.11 Å². The Morgan fingerprint density at radius 2 is 1.43 bits per heavy atom. The maximum absolute atomic E-state index is 9.24. The molecule has 0 spiro atoms. The molecule has 0 saturated heterocycles. The lowest BCUT2D eigenvalue weighted by Crippen LogP contribution is -2.04. The van der Waals surface area contributed by atoms with Crippen LogP contribution in [0.3, 0.4) is 0 Å². The lowest BCUT2D eigenvalue weighted by atomic mass is 10.0. The van der Waals surface area contributed by atoms with Crippen LogP contribution in [0.5, 0.6) is 11.5 Å². The first-order valence-electron chi connectivity index (χ1n) is 7.16. The summed E-state index contributed by atoms with van der Waals surface area (Å²) in [6.07, 6.45) is 7.33. The van der Waals surface area contributed by atoms with Gasteiger partial charge in [0.1, 0.15) is 24.2 Å². The van der Waals surface area contributed by atoms with Crippen LogP contribution in [0, 0.1) is 12.5 Å². The average molecular weight is 314 g/mol. The van der Waals surface area contributed by atoms with Crippen molar-refractivity contribution >= 4 is 0 Å². The Morgan fingerprint density at radius 1 is 0.913 bits per heavy atom. The minimum atomic E-state index is 0.297. The molecular weight excluding hydrogens is 292 g/mol. The van der Waals surface area contributed by atoms with Crippen LogP contribution in [0.25, 0.3) is 0 Å². The van der Waals surface area contributed by atoms with Gasteiger partial charge in [-0.3, -0.25) is 0 Å². The average Bonchev–Trinajstić information content (AvgIpc) is 2.59. The maximum atomic E-state index is 9.24. The van der Waals surface area contributed by atoms with Gasteiger partial charge in [-0.05, 0) is 41.8 Å². The van der Waals surface area contributed by atoms with Crippen LogP contribution in [0.15, 0.2) is 48.5 Å². The van der Waals surface area contributed by atoms with Gasteiger partial charge in [0.15, 0.2) is 0 Å². The van der Waals surface area contributed by atoms with E-state index < -0.39 is 0 Å². The van der Waals surface area contributed by atoms with Gasteiger partial charge in [-0.15, -0.1) is 0 Å². The number of ether oxygens (including phenoxy) is 3. The largest absolute Gasteiger partial charge is 0.508 e. The van der Waals surface area contributed by atoms with E-state index in [4.69, 9.17) is 9.47 Å². The summed E-state index contributed by atoms with van der Waals surface area (Å²) < 4.78 is 14.5. The molecule has 4 heteroatoms. The molecule has 0 aliphatic carbocycles. The van der Waals surface area contributed by atoms with Crippen molar-refractivity contribution < 1.29 is 19.3 Å². The summed E-state index contributed by atoms with van der Waals surface area (Å²) in [4.78, 5) is 0. The minimum Gasteiger partial charge on any atom is -0.508 e. The van der Waals surface area contributed by atoms with Crippen molar-refractivity contribution in [2.75, 3.05) is 27.4 Å². The fourth-order valence-corrected chi connectivity index (χ4v) is 1.80. The van der Waals surface area contributed by atoms with Gasteiger partial charge in [0, 0.05) is 7.11 Å². The Labute approximate surface area is 137 Å². The summed E-state index contributed by atoms with van der Waals surface area (Å²) in [6, 6.07) is 15.3. The second kappa shape index (κ2) is 11.0. The van der Waals surface area contributed by atoms with Crippen molar-refractivity contribution in [1.29, 1.82) is 0 Å². The van der Waals surface area contributed by atoms with E-state index in [1.807, 2.05) is 30.4 Å². The van der Waals surface area contributed by atoms with Gasteiger partial charge in [0.25, 0.3) is 0 Å². The summed E-state index contributed by atoms with van der Waals surface area (Å²) in [6.45, 7) is 1.16. The first-order valence-corrected chi connectivity index (χ1v) is 7.16. The van der Waals surface area contributed by atoms with Gasteiger partial charge in [0.2, 0.25) is 0 Å². The molecule has 4 nitrogen and oxygen atoms in total. The molecule has 0 aliphatic rings. The molecule has 122 valence electrons. The fraction of sp³-hybridized carbons (Fsp3) is 0.263. The molecule has 0 unspecified atom stereocenters. The number of aromatic hydroxyl groups is 1. The molecule has 0 aliphatic heterocycles. The number of phenols is 1. The van der Waals surface area contributed by atoms with E-state index in [1.54, 1.807) is 19.2 Å². The molecule has 0 bridgehead atoms. The van der Waals surface area contributed by atoms with E-state index >= 15 is 0 Å². The van der Waals surface area contributed by atoms with Gasteiger partial charge < -0.3 is 19.3 Å². The Bertz CT molecular complexity index is 582. The summed E-state index contributed by atoms with van der Waals surface area (Å²) in [5.41, 5.74) is 2.38. The molecular formula is C19H22O4. The highest BCUT2D eigenvalue weighted by Gasteiger charge is 1.98. The lowest BCUT2D eigenvalue weighted by molar-refractivity contribution is 0.146. The number of rotatable bonds is 6. The van der Waals surface area contributed by atoms with Crippen molar-refractivity contribution in [3.8, 4) is 24.0 Å². The third-order valence-electron chi connectivity index (χ3n) is 2.94. The lowest BCUT2D eigenvalue weighted by Gasteiger charge is -2.07. The number of benzene rings is 2. The quantitative estimate of drug-likeness (QED) is 0.657. The number of phenolic OH excluding ortho intramolecular Hbond substituents is 1. The summed E-state index contributed by atoms with van der Waals surface area (Å²) in [7, 11) is 3.10. The molecule has 23 heavy (non-hydrogen) atoms. The third-order valence-corrected chi connectivity index (χ3v) is 2.94. The van der Waals surface area contributed by atoms with Gasteiger partial charge in [-0.25, -0.2) is 0 Å². The van der Waals surface area contributed by atoms with Crippen LogP contribution < -0.4 is 4.74 Å². The Hall–Kier alpha value is -2.64. The summed E-state index contributed by atoms with van der Waals surface area (Å²) in [5, 5.41) is 9.24. The van der Waals surface area contributed by atoms with Gasteiger partial charge >= 0.3 is 0 Å². The second-order valence-electron chi connectivity index (χ2n) is 4.65. The van der Waals surface area contributed by atoms with E-state index in [0.717, 1.165) is 12.2 Å². The zero-order valence-corrected chi connectivity index (χ0v) is 13.5. The zero-order valence-electron chi connectivity index (χ0n) is 13.5. The van der Waals surface area contributed by atoms with E-state index in [-0.39, 0.29) is 0 Å². The molecule has 2 aromatic carbocycles. The highest BCUT2D eigenvalue weighted by atomic mass is 16.5. The Balaban J connectivity index is 0.000000593. The molecule has 0 atom stereocenters. The van der Waals surface area contributed by atoms with Crippen LogP contribution in [0.2, 0.25) is 0 Å². The molecule has 0 heterocycles. The first-order chi connectivity index (χ1) is 11.2. The van der Waals surface area contributed by atoms with E-state index in [2.05, 4.69) is 23.3 Å². The molecule has 0 amide bonds. The number of methoxy groups -OCH3 is 2. The van der Waals surface area contributed by atoms with Crippen molar-refractivity contribution in [3.63, 3.8) is 0 Å². The molecule has 0 radical (unpaired) electrons. The molecule has 1 N–H and O–H groups in total. The normalized spacial score (nSPS) is 9.26. The van der Waals surface area contributed by atoms with E-state index in [0.29, 0.717) is 19.0 Å². The molecule has 0 saturated carbocycles. The molecule has 0 fully saturated rings. The van der Waals surface area contributed by atoms with Gasteiger partial charge in [0.05, 0.1) is 13.7 Å². The van der Waals surface area contributed by atoms with Crippen LogP contribution in [0.4, 0.5) is 0 Å². The van der Waals surface area contributed by atoms with Gasteiger partial charge in [-0.1, -0.05) is 30.7 Å². The fourth-order valence-electron chi connectivity index (χ4n) is 1.80. The van der Waals surface area contributed by atoms with Crippen molar-refractivity contribution in [2.45, 2.75) is 6.42 Å². The number of hydrogen-bond donors (Lipinski definition) is 1. The third kappa shape index (κ3) is 7.79. The predicted octanol–water partition coefficient (Wildman–Crippen LogP) is 3.23. The van der Waals surface area contributed by atoms with Crippen molar-refractivity contribution in [1.82, 2.24) is 0 Å². The Kier molecular flexibility index (Phi) is 8.80. The zero-order chi connectivity index (χ0) is 16.9. The highest BCUT2D eigenvalue weighted by molar-refractivity contribution is 5.33. The van der Waals surface area contributed by atoms with Crippen LogP contribution in [-0.2, 0) is 15.9 Å². The first kappa shape index (κ1) is 18.4. The minimum absolute atomic E-state index is 0.297. The van der Waals surface area contributed by atoms with E-state index in [1.165, 1.54) is 18.2 Å². The molecule has 0 aromatic heterocycles. The van der Waals surface area contributed by atoms with Crippen molar-refractivity contribution in [2.24, 2.45) is 0 Å². The van der Waals surface area contributed by atoms with Gasteiger partial charge in [-0.2, -0.15) is 0 Å². The highest BCUT2D eigenvalue weighted by Crippen LogP contribution is 2.17. The van der Waals surface area contributed by atoms with Crippen LogP contribution in [0.1, 0.15) is 11.1 Å². The standard InChI is InChI=1S/C16H18O3.C3H4O/c1-18-10-11-19-16-8-4-14(5-9-16)12-13-2-6-15(17)7-3-13;1-3-4-2/h2-9,17H,10-12H2,1H3;1H,2H3. The Morgan fingerprint density at radius 3 is 1.91 bits per heavy atom. The van der Waals surface area contributed by atoms with Crippen molar-refractivity contribution in [3.05, 3.63) is 59.7 Å². The monoisotopic (exact) mass is 314 g/mol. The van der Waals surface area contributed by atoms with Crippen LogP contribution in [-0.4, -0.2) is 32.5 Å². The second-order valence-corrected chi connectivity index (χ2v) is 4.65. The molecule has 2 rings (SSSR count). The predicted molar refractivity (Wildman–Crippen MR) is 90.6 cm³/mol.